The lowest BCUT2D eigenvalue weighted by molar-refractivity contribution is -0.117. The Kier molecular flexibility index (Phi) is 4.08. The standard InChI is InChI=1S/C17H17BrN2O/c18-15-8-7-14-11-20(17(21)10-19)16-4-2-1-3-12(16)5-6-13(14)9-15/h1-4,7-9H,5-6,10-11,19H2. The minimum Gasteiger partial charge on any atom is -0.322 e. The third kappa shape index (κ3) is 2.87. The third-order valence-electron chi connectivity index (χ3n) is 3.92. The Morgan fingerprint density at radius 1 is 1.10 bits per heavy atom. The van der Waals surface area contributed by atoms with Crippen LogP contribution in [0.25, 0.3) is 0 Å². The van der Waals surface area contributed by atoms with E-state index in [1.807, 2.05) is 24.3 Å². The summed E-state index contributed by atoms with van der Waals surface area (Å²) < 4.78 is 1.08. The third-order valence-corrected chi connectivity index (χ3v) is 4.41. The number of hydrogen-bond donors (Lipinski definition) is 1. The first-order valence-electron chi connectivity index (χ1n) is 7.04. The molecule has 1 aliphatic heterocycles. The Morgan fingerprint density at radius 3 is 2.67 bits per heavy atom. The second kappa shape index (κ2) is 6.00. The fourth-order valence-electron chi connectivity index (χ4n) is 2.82. The van der Waals surface area contributed by atoms with E-state index in [2.05, 4.69) is 34.1 Å². The van der Waals surface area contributed by atoms with Crippen LogP contribution >= 0.6 is 15.9 Å². The quantitative estimate of drug-likeness (QED) is 0.864. The van der Waals surface area contributed by atoms with E-state index in [-0.39, 0.29) is 12.5 Å². The van der Waals surface area contributed by atoms with Crippen molar-refractivity contribution in [2.45, 2.75) is 19.4 Å². The lowest BCUT2D eigenvalue weighted by atomic mass is 9.95. The van der Waals surface area contributed by atoms with Crippen molar-refractivity contribution in [2.24, 2.45) is 5.73 Å². The monoisotopic (exact) mass is 344 g/mol. The average molecular weight is 345 g/mol. The number of benzene rings is 2. The second-order valence-electron chi connectivity index (χ2n) is 5.23. The highest BCUT2D eigenvalue weighted by Crippen LogP contribution is 2.29. The van der Waals surface area contributed by atoms with Crippen molar-refractivity contribution in [3.8, 4) is 0 Å². The Bertz CT molecular complexity index is 684. The summed E-state index contributed by atoms with van der Waals surface area (Å²) >= 11 is 3.52. The first-order chi connectivity index (χ1) is 10.2. The average Bonchev–Trinajstić information content (AvgIpc) is 2.50. The van der Waals surface area contributed by atoms with Crippen molar-refractivity contribution in [1.82, 2.24) is 0 Å². The van der Waals surface area contributed by atoms with Gasteiger partial charge >= 0.3 is 0 Å². The number of nitrogens with two attached hydrogens (primary N) is 1. The highest BCUT2D eigenvalue weighted by atomic mass is 79.9. The van der Waals surface area contributed by atoms with Crippen LogP contribution in [0.2, 0.25) is 0 Å². The van der Waals surface area contributed by atoms with Gasteiger partial charge in [0, 0.05) is 10.2 Å². The van der Waals surface area contributed by atoms with Gasteiger partial charge in [0.15, 0.2) is 0 Å². The number of hydrogen-bond acceptors (Lipinski definition) is 2. The SMILES string of the molecule is NCC(=O)N1Cc2ccc(Br)cc2CCc2ccccc21. The normalized spacial score (nSPS) is 13.9. The van der Waals surface area contributed by atoms with Crippen LogP contribution in [-0.4, -0.2) is 12.5 Å². The predicted molar refractivity (Wildman–Crippen MR) is 88.2 cm³/mol. The molecule has 0 saturated heterocycles. The molecule has 3 rings (SSSR count). The molecule has 108 valence electrons. The number of rotatable bonds is 1. The van der Waals surface area contributed by atoms with Crippen molar-refractivity contribution in [1.29, 1.82) is 0 Å². The second-order valence-corrected chi connectivity index (χ2v) is 6.14. The van der Waals surface area contributed by atoms with E-state index in [0.29, 0.717) is 6.54 Å². The molecule has 21 heavy (non-hydrogen) atoms. The summed E-state index contributed by atoms with van der Waals surface area (Å²) in [4.78, 5) is 14.1. The van der Waals surface area contributed by atoms with Gasteiger partial charge in [-0.25, -0.2) is 0 Å². The zero-order valence-electron chi connectivity index (χ0n) is 11.7. The van der Waals surface area contributed by atoms with Crippen LogP contribution in [0.4, 0.5) is 5.69 Å². The van der Waals surface area contributed by atoms with Crippen molar-refractivity contribution < 1.29 is 4.79 Å². The lowest BCUT2D eigenvalue weighted by Crippen LogP contribution is -2.37. The minimum atomic E-state index is -0.0433. The highest BCUT2D eigenvalue weighted by molar-refractivity contribution is 9.10. The topological polar surface area (TPSA) is 46.3 Å². The van der Waals surface area contributed by atoms with Gasteiger partial charge in [0.05, 0.1) is 13.1 Å². The van der Waals surface area contributed by atoms with Gasteiger partial charge in [-0.2, -0.15) is 0 Å². The lowest BCUT2D eigenvalue weighted by Gasteiger charge is -2.28. The predicted octanol–water partition coefficient (Wildman–Crippen LogP) is 3.04. The van der Waals surface area contributed by atoms with E-state index in [1.54, 1.807) is 4.90 Å². The Labute approximate surface area is 132 Å². The number of carbonyl (C=O) groups excluding carboxylic acids is 1. The number of fused-ring (bicyclic) bond motifs is 2. The van der Waals surface area contributed by atoms with Gasteiger partial charge in [0.2, 0.25) is 5.91 Å². The van der Waals surface area contributed by atoms with Gasteiger partial charge in [-0.1, -0.05) is 40.2 Å². The van der Waals surface area contributed by atoms with E-state index in [4.69, 9.17) is 5.73 Å². The summed E-state index contributed by atoms with van der Waals surface area (Å²) in [5.41, 5.74) is 10.3. The molecule has 1 heterocycles. The van der Waals surface area contributed by atoms with Crippen LogP contribution in [0.15, 0.2) is 46.9 Å². The number of nitrogens with zero attached hydrogens (tertiary/aromatic N) is 1. The summed E-state index contributed by atoms with van der Waals surface area (Å²) in [7, 11) is 0. The van der Waals surface area contributed by atoms with Gasteiger partial charge in [-0.3, -0.25) is 4.79 Å². The number of halogens is 1. The molecule has 0 aromatic heterocycles. The van der Waals surface area contributed by atoms with Crippen LogP contribution in [0.1, 0.15) is 16.7 Å². The number of carbonyl (C=O) groups is 1. The highest BCUT2D eigenvalue weighted by Gasteiger charge is 2.21. The summed E-state index contributed by atoms with van der Waals surface area (Å²) in [5, 5.41) is 0. The molecule has 0 atom stereocenters. The van der Waals surface area contributed by atoms with Crippen molar-refractivity contribution >= 4 is 27.5 Å². The van der Waals surface area contributed by atoms with Crippen LogP contribution in [0.5, 0.6) is 0 Å². The molecule has 1 aliphatic rings. The molecule has 4 heteroatoms. The fourth-order valence-corrected chi connectivity index (χ4v) is 3.23. The molecule has 0 fully saturated rings. The molecule has 0 saturated carbocycles. The van der Waals surface area contributed by atoms with Gasteiger partial charge in [-0.05, 0) is 47.7 Å². The maximum absolute atomic E-state index is 12.3. The van der Waals surface area contributed by atoms with Crippen LogP contribution < -0.4 is 10.6 Å². The zero-order valence-corrected chi connectivity index (χ0v) is 13.3. The van der Waals surface area contributed by atoms with Crippen molar-refractivity contribution in [3.63, 3.8) is 0 Å². The summed E-state index contributed by atoms with van der Waals surface area (Å²) in [6.45, 7) is 0.607. The number of aryl methyl sites for hydroxylation is 2. The van der Waals surface area contributed by atoms with Gasteiger partial charge in [0.25, 0.3) is 0 Å². The van der Waals surface area contributed by atoms with E-state index in [1.165, 1.54) is 16.7 Å². The summed E-state index contributed by atoms with van der Waals surface area (Å²) in [5.74, 6) is -0.0433. The largest absolute Gasteiger partial charge is 0.322 e. The molecular formula is C17H17BrN2O. The Balaban J connectivity index is 2.08. The molecule has 3 nitrogen and oxygen atoms in total. The van der Waals surface area contributed by atoms with E-state index >= 15 is 0 Å². The zero-order chi connectivity index (χ0) is 14.8. The van der Waals surface area contributed by atoms with E-state index < -0.39 is 0 Å². The molecule has 1 amide bonds. The van der Waals surface area contributed by atoms with Gasteiger partial charge in [0.1, 0.15) is 0 Å². The van der Waals surface area contributed by atoms with Crippen LogP contribution in [-0.2, 0) is 24.2 Å². The van der Waals surface area contributed by atoms with Crippen LogP contribution in [0.3, 0.4) is 0 Å². The smallest absolute Gasteiger partial charge is 0.241 e. The Hall–Kier alpha value is -1.65. The molecule has 0 unspecified atom stereocenters. The molecule has 0 aliphatic carbocycles. The molecule has 2 N–H and O–H groups in total. The number of para-hydroxylation sites is 1. The summed E-state index contributed by atoms with van der Waals surface area (Å²) in [6.07, 6.45) is 1.91. The first-order valence-corrected chi connectivity index (χ1v) is 7.84. The van der Waals surface area contributed by atoms with E-state index in [9.17, 15) is 4.79 Å². The Morgan fingerprint density at radius 2 is 1.86 bits per heavy atom. The molecule has 0 radical (unpaired) electrons. The van der Waals surface area contributed by atoms with Crippen molar-refractivity contribution in [3.05, 3.63) is 63.6 Å². The van der Waals surface area contributed by atoms with Crippen molar-refractivity contribution in [2.75, 3.05) is 11.4 Å². The van der Waals surface area contributed by atoms with Crippen LogP contribution in [0, 0.1) is 0 Å². The van der Waals surface area contributed by atoms with Gasteiger partial charge < -0.3 is 10.6 Å². The molecular weight excluding hydrogens is 328 g/mol. The first kappa shape index (κ1) is 14.3. The fraction of sp³-hybridized carbons (Fsp3) is 0.235. The summed E-state index contributed by atoms with van der Waals surface area (Å²) in [6, 6.07) is 14.4. The minimum absolute atomic E-state index is 0.0280. The van der Waals surface area contributed by atoms with E-state index in [0.717, 1.165) is 23.0 Å². The number of amides is 1. The molecule has 2 aromatic rings. The van der Waals surface area contributed by atoms with Gasteiger partial charge in [-0.15, -0.1) is 0 Å². The maximum Gasteiger partial charge on any atom is 0.241 e. The maximum atomic E-state index is 12.3. The molecule has 0 bridgehead atoms. The molecule has 0 spiro atoms. The molecule has 2 aromatic carbocycles. The number of anilines is 1.